The maximum absolute atomic E-state index is 14.1. The smallest absolute Gasteiger partial charge is 0.489 e. The third kappa shape index (κ3) is 9.20. The number of thioether (sulfide) groups is 1. The number of nitrogens with zero attached hydrogens (tertiary/aromatic N) is 3. The Morgan fingerprint density at radius 1 is 0.864 bits per heavy atom. The minimum absolute atomic E-state index is 0.0428. The van der Waals surface area contributed by atoms with Crippen LogP contribution in [0, 0.1) is 0 Å². The number of halogens is 4. The molecule has 11 rings (SSSR count). The first-order chi connectivity index (χ1) is 38.6. The van der Waals surface area contributed by atoms with E-state index in [1.165, 1.54) is 25.6 Å². The van der Waals surface area contributed by atoms with Gasteiger partial charge in [-0.15, -0.1) is 11.8 Å². The molecule has 5 aromatic carbocycles. The summed E-state index contributed by atoms with van der Waals surface area (Å²) in [6, 6.07) is 22.4. The predicted octanol–water partition coefficient (Wildman–Crippen LogP) is 10.7. The van der Waals surface area contributed by atoms with Crippen molar-refractivity contribution in [1.29, 1.82) is 0 Å². The van der Waals surface area contributed by atoms with Gasteiger partial charge in [-0.1, -0.05) is 103 Å². The van der Waals surface area contributed by atoms with Gasteiger partial charge in [0, 0.05) is 58.6 Å². The average molecular weight is 1220 g/mol. The number of β-lactam (4-membered cyclic amide) rings is 2. The third-order valence-corrected chi connectivity index (χ3v) is 21.6. The number of carboxylic acids is 1. The summed E-state index contributed by atoms with van der Waals surface area (Å²) in [5.41, 5.74) is 1.91. The number of sulfone groups is 1. The van der Waals surface area contributed by atoms with Gasteiger partial charge in [-0.25, -0.2) is 22.8 Å². The third-order valence-electron chi connectivity index (χ3n) is 15.7. The second-order valence-corrected chi connectivity index (χ2v) is 26.1. The number of para-hydroxylation sites is 1. The van der Waals surface area contributed by atoms with Gasteiger partial charge in [0.25, 0.3) is 5.91 Å². The van der Waals surface area contributed by atoms with Crippen LogP contribution in [0.15, 0.2) is 96.2 Å². The zero-order chi connectivity index (χ0) is 57.6. The molecule has 81 heavy (non-hydrogen) atoms. The van der Waals surface area contributed by atoms with Gasteiger partial charge in [-0.2, -0.15) is 0 Å². The number of hydrogen-bond donors (Lipinski definition) is 2. The molecule has 1 spiro atoms. The number of aliphatic carboxylic acids is 1. The van der Waals surface area contributed by atoms with E-state index in [9.17, 15) is 42.3 Å². The lowest BCUT2D eigenvalue weighted by Gasteiger charge is -2.50. The van der Waals surface area contributed by atoms with Crippen molar-refractivity contribution in [2.45, 2.75) is 99.1 Å². The van der Waals surface area contributed by atoms with E-state index in [1.54, 1.807) is 48.5 Å². The van der Waals surface area contributed by atoms with Crippen molar-refractivity contribution in [1.82, 2.24) is 15.1 Å². The van der Waals surface area contributed by atoms with Crippen LogP contribution in [0.3, 0.4) is 0 Å². The molecule has 0 aromatic heterocycles. The van der Waals surface area contributed by atoms with Gasteiger partial charge in [-0.3, -0.25) is 19.3 Å². The molecule has 0 bridgehead atoms. The van der Waals surface area contributed by atoms with Crippen LogP contribution in [0.2, 0.25) is 20.1 Å². The number of carbonyl (C=O) groups is 6. The summed E-state index contributed by atoms with van der Waals surface area (Å²) in [4.78, 5) is 84.0. The van der Waals surface area contributed by atoms with E-state index in [0.29, 0.717) is 52.2 Å². The van der Waals surface area contributed by atoms with Crippen LogP contribution in [-0.2, 0) is 57.1 Å². The van der Waals surface area contributed by atoms with Crippen LogP contribution < -0.4 is 24.4 Å². The number of esters is 1. The number of rotatable bonds is 16. The molecular formula is C57H50Cl4N4O14S2. The van der Waals surface area contributed by atoms with E-state index in [-0.39, 0.29) is 73.8 Å². The van der Waals surface area contributed by atoms with E-state index < -0.39 is 78.8 Å². The predicted molar refractivity (Wildman–Crippen MR) is 302 cm³/mol. The Kier molecular flexibility index (Phi) is 14.7. The summed E-state index contributed by atoms with van der Waals surface area (Å²) in [5.74, 6) is -3.11. The maximum Gasteiger partial charge on any atom is 0.514 e. The lowest BCUT2D eigenvalue weighted by atomic mass is 9.76. The molecule has 0 aliphatic carbocycles. The summed E-state index contributed by atoms with van der Waals surface area (Å²) >= 11 is 28.3. The SMILES string of the molecule is CCCCCCc1cc2c(cc1OC(=O)OCc1ccc(OCC3=C(C(=O)O)N4C(=O)[C@@H](NC(=O)[C@@H]5N6C(=O)C[C@H]6S(=O)(=O)C5(C)C)[C@H]4SC3)cc1)Oc1cc(N(C)c3ccccc3)ccc1C21OC(=O)c2c(Cl)c(Cl)c(Cl)c(Cl)c21. The second kappa shape index (κ2) is 21.3. The summed E-state index contributed by atoms with van der Waals surface area (Å²) in [6.45, 7) is 4.40. The fraction of sp³-hybridized carbons (Fsp3) is 0.333. The molecule has 18 nitrogen and oxygen atoms in total. The van der Waals surface area contributed by atoms with Gasteiger partial charge < -0.3 is 43.9 Å². The van der Waals surface area contributed by atoms with Crippen molar-refractivity contribution in [3.05, 3.63) is 150 Å². The molecule has 3 saturated heterocycles. The molecule has 0 radical (unpaired) electrons. The molecule has 24 heteroatoms. The Morgan fingerprint density at radius 3 is 2.28 bits per heavy atom. The number of nitrogens with one attached hydrogen (secondary N) is 1. The quantitative estimate of drug-likeness (QED) is 0.0234. The van der Waals surface area contributed by atoms with Crippen molar-refractivity contribution in [2.75, 3.05) is 24.3 Å². The van der Waals surface area contributed by atoms with Gasteiger partial charge in [0.2, 0.25) is 11.8 Å². The first-order valence-corrected chi connectivity index (χ1v) is 29.9. The molecule has 3 amide bonds. The molecule has 6 heterocycles. The number of carbonyl (C=O) groups excluding carboxylic acids is 5. The number of anilines is 2. The van der Waals surface area contributed by atoms with Gasteiger partial charge >= 0.3 is 18.1 Å². The van der Waals surface area contributed by atoms with Crippen LogP contribution in [0.25, 0.3) is 0 Å². The van der Waals surface area contributed by atoms with E-state index in [0.717, 1.165) is 40.4 Å². The minimum atomic E-state index is -3.87. The van der Waals surface area contributed by atoms with Crippen molar-refractivity contribution < 1.29 is 66.0 Å². The van der Waals surface area contributed by atoms with Crippen molar-refractivity contribution in [3.8, 4) is 23.0 Å². The number of ether oxygens (including phenoxy) is 5. The Labute approximate surface area is 489 Å². The molecule has 3 fully saturated rings. The number of unbranched alkanes of at least 4 members (excludes halogenated alkanes) is 3. The largest absolute Gasteiger partial charge is 0.514 e. The molecule has 422 valence electrons. The van der Waals surface area contributed by atoms with Crippen LogP contribution in [-0.4, -0.2) is 106 Å². The van der Waals surface area contributed by atoms with Crippen molar-refractivity contribution >= 4 is 115 Å². The molecule has 0 saturated carbocycles. The summed E-state index contributed by atoms with van der Waals surface area (Å²) < 4.78 is 55.3. The van der Waals surface area contributed by atoms with E-state index in [2.05, 4.69) is 12.2 Å². The first kappa shape index (κ1) is 56.2. The fourth-order valence-corrected chi connectivity index (χ4v) is 15.8. The molecule has 5 atom stereocenters. The Morgan fingerprint density at radius 2 is 1.58 bits per heavy atom. The fourth-order valence-electron chi connectivity index (χ4n) is 11.3. The highest BCUT2D eigenvalue weighted by molar-refractivity contribution is 8.00. The summed E-state index contributed by atoms with van der Waals surface area (Å²) in [5, 5.41) is 10.6. The summed E-state index contributed by atoms with van der Waals surface area (Å²) in [7, 11) is -1.98. The van der Waals surface area contributed by atoms with Crippen LogP contribution in [0.1, 0.15) is 91.1 Å². The molecule has 5 aromatic rings. The normalized spacial score (nSPS) is 22.2. The number of benzene rings is 5. The molecule has 2 N–H and O–H groups in total. The molecule has 6 aliphatic heterocycles. The van der Waals surface area contributed by atoms with E-state index >= 15 is 0 Å². The summed E-state index contributed by atoms with van der Waals surface area (Å²) in [6.07, 6.45) is 2.69. The Balaban J connectivity index is 0.798. The minimum Gasteiger partial charge on any atom is -0.489 e. The van der Waals surface area contributed by atoms with Crippen molar-refractivity contribution in [2.24, 2.45) is 0 Å². The highest BCUT2D eigenvalue weighted by Gasteiger charge is 2.68. The first-order valence-electron chi connectivity index (χ1n) is 25.8. The van der Waals surface area contributed by atoms with E-state index in [4.69, 9.17) is 70.1 Å². The second-order valence-electron chi connectivity index (χ2n) is 20.8. The Bertz CT molecular complexity index is 3680. The van der Waals surface area contributed by atoms with Crippen LogP contribution >= 0.6 is 58.2 Å². The maximum atomic E-state index is 14.1. The number of hydrogen-bond acceptors (Lipinski definition) is 15. The number of carboxylic acid groups (broad SMARTS) is 1. The molecule has 1 unspecified atom stereocenters. The number of amides is 3. The number of aryl methyl sites for hydroxylation is 1. The average Bonchev–Trinajstić information content (AvgIpc) is 4.06. The van der Waals surface area contributed by atoms with Gasteiger partial charge in [-0.05, 0) is 80.3 Å². The van der Waals surface area contributed by atoms with E-state index in [1.807, 2.05) is 48.3 Å². The Hall–Kier alpha value is -6.68. The lowest BCUT2D eigenvalue weighted by molar-refractivity contribution is -0.154. The monoisotopic (exact) mass is 1220 g/mol. The number of fused-ring (bicyclic) bond motifs is 8. The van der Waals surface area contributed by atoms with Gasteiger partial charge in [0.15, 0.2) is 15.4 Å². The molecular weight excluding hydrogens is 1170 g/mol. The zero-order valence-corrected chi connectivity index (χ0v) is 48.3. The highest BCUT2D eigenvalue weighted by Crippen LogP contribution is 2.62. The van der Waals surface area contributed by atoms with Crippen LogP contribution in [0.4, 0.5) is 16.2 Å². The zero-order valence-electron chi connectivity index (χ0n) is 43.7. The van der Waals surface area contributed by atoms with Crippen LogP contribution in [0.5, 0.6) is 23.0 Å². The van der Waals surface area contributed by atoms with Crippen molar-refractivity contribution in [3.63, 3.8) is 0 Å². The lowest BCUT2D eigenvalue weighted by Crippen LogP contribution is -2.72. The standard InChI is InChI=1S/C57H50Cl4N4O14S2/c1-5-6-7-9-12-29-21-35-38(77-37-22-32(63(4)31-13-10-8-11-14-31)17-20-34(37)57(35)42-41(54(71)79-57)43(58)45(60)46(61)44(42)59)23-36(29)78-55(72)76-25-28-15-18-33(19-16-28)75-26-30-27-80-52-47(51(68)65(52)48(30)53(69)70)62-50(67)49-56(2,3)81(73,74)40-24-39(66)64(40)49/h8,10-11,13-23,40,47,49,52H,5-7,9,12,24-27H2,1-4H3,(H,62,67)(H,69,70)/t40-,47-,49+,52-,57?/m1/s1. The van der Waals surface area contributed by atoms with Gasteiger partial charge in [0.1, 0.15) is 64.7 Å². The topological polar surface area (TPSA) is 225 Å². The van der Waals surface area contributed by atoms with Gasteiger partial charge in [0.05, 0.1) is 36.8 Å². The highest BCUT2D eigenvalue weighted by atomic mass is 35.5. The molecule has 6 aliphatic rings.